The average Bonchev–Trinajstić information content (AvgIpc) is 2.36. The van der Waals surface area contributed by atoms with Crippen LogP contribution in [-0.4, -0.2) is 15.9 Å². The molecular formula is C12H9ClFN3O. The maximum Gasteiger partial charge on any atom is 0.275 e. The molecule has 0 aliphatic rings. The first-order chi connectivity index (χ1) is 8.58. The third-order valence-corrected chi connectivity index (χ3v) is 2.56. The maximum atomic E-state index is 13.3. The molecule has 1 aromatic heterocycles. The van der Waals surface area contributed by atoms with Crippen molar-refractivity contribution >= 4 is 23.2 Å². The number of carbonyl (C=O) groups is 1. The standard InChI is InChI=1S/C12H9ClFN3O/c1-7-8(14)3-2-4-9(7)17-12(18)10-5-16-11(13)6-15-10/h2-6H,1H3,(H,17,18). The summed E-state index contributed by atoms with van der Waals surface area (Å²) in [7, 11) is 0. The second-order valence-electron chi connectivity index (χ2n) is 3.59. The van der Waals surface area contributed by atoms with Crippen LogP contribution in [0.15, 0.2) is 30.6 Å². The van der Waals surface area contributed by atoms with E-state index >= 15 is 0 Å². The number of nitrogens with one attached hydrogen (secondary N) is 1. The fourth-order valence-corrected chi connectivity index (χ4v) is 1.46. The van der Waals surface area contributed by atoms with Crippen LogP contribution in [0.3, 0.4) is 0 Å². The van der Waals surface area contributed by atoms with Gasteiger partial charge in [0.15, 0.2) is 0 Å². The summed E-state index contributed by atoms with van der Waals surface area (Å²) in [5.41, 5.74) is 0.882. The number of nitrogens with zero attached hydrogens (tertiary/aromatic N) is 2. The van der Waals surface area contributed by atoms with Gasteiger partial charge in [0.1, 0.15) is 16.7 Å². The number of hydrogen-bond acceptors (Lipinski definition) is 3. The van der Waals surface area contributed by atoms with Gasteiger partial charge in [0, 0.05) is 11.3 Å². The fourth-order valence-electron chi connectivity index (χ4n) is 1.36. The van der Waals surface area contributed by atoms with Gasteiger partial charge < -0.3 is 5.32 Å². The minimum atomic E-state index is -0.465. The topological polar surface area (TPSA) is 54.9 Å². The summed E-state index contributed by atoms with van der Waals surface area (Å²) in [5.74, 6) is -0.845. The lowest BCUT2D eigenvalue weighted by Gasteiger charge is -2.08. The monoisotopic (exact) mass is 265 g/mol. The van der Waals surface area contributed by atoms with Gasteiger partial charge in [-0.25, -0.2) is 14.4 Å². The second-order valence-corrected chi connectivity index (χ2v) is 3.98. The van der Waals surface area contributed by atoms with Gasteiger partial charge in [0.25, 0.3) is 5.91 Å². The number of amides is 1. The molecule has 18 heavy (non-hydrogen) atoms. The van der Waals surface area contributed by atoms with Gasteiger partial charge in [-0.3, -0.25) is 4.79 Å². The van der Waals surface area contributed by atoms with Gasteiger partial charge in [-0.15, -0.1) is 0 Å². The van der Waals surface area contributed by atoms with Crippen molar-refractivity contribution in [3.05, 3.63) is 52.8 Å². The zero-order chi connectivity index (χ0) is 13.1. The van der Waals surface area contributed by atoms with Crippen LogP contribution in [-0.2, 0) is 0 Å². The molecule has 92 valence electrons. The summed E-state index contributed by atoms with van der Waals surface area (Å²) in [6.45, 7) is 1.58. The van der Waals surface area contributed by atoms with Crippen LogP contribution in [0.1, 0.15) is 16.1 Å². The van der Waals surface area contributed by atoms with Crippen LogP contribution in [0, 0.1) is 12.7 Å². The molecule has 0 saturated heterocycles. The molecule has 0 radical (unpaired) electrons. The molecule has 0 atom stereocenters. The number of anilines is 1. The molecule has 1 amide bonds. The quantitative estimate of drug-likeness (QED) is 0.908. The van der Waals surface area contributed by atoms with E-state index in [1.807, 2.05) is 0 Å². The van der Waals surface area contributed by atoms with Crippen molar-refractivity contribution in [1.29, 1.82) is 0 Å². The van der Waals surface area contributed by atoms with Crippen LogP contribution >= 0.6 is 11.6 Å². The van der Waals surface area contributed by atoms with E-state index in [9.17, 15) is 9.18 Å². The highest BCUT2D eigenvalue weighted by Gasteiger charge is 2.11. The molecule has 2 aromatic rings. The van der Waals surface area contributed by atoms with Crippen molar-refractivity contribution in [2.24, 2.45) is 0 Å². The zero-order valence-corrected chi connectivity index (χ0v) is 10.2. The fraction of sp³-hybridized carbons (Fsp3) is 0.0833. The first-order valence-corrected chi connectivity index (χ1v) is 5.50. The molecule has 2 rings (SSSR count). The maximum absolute atomic E-state index is 13.3. The van der Waals surface area contributed by atoms with Gasteiger partial charge in [-0.1, -0.05) is 17.7 Å². The normalized spacial score (nSPS) is 10.2. The second kappa shape index (κ2) is 5.10. The van der Waals surface area contributed by atoms with E-state index in [0.29, 0.717) is 11.3 Å². The Bertz CT molecular complexity index is 586. The molecule has 1 aromatic carbocycles. The Morgan fingerprint density at radius 2 is 2.11 bits per heavy atom. The molecule has 4 nitrogen and oxygen atoms in total. The van der Waals surface area contributed by atoms with Gasteiger partial charge in [-0.05, 0) is 19.1 Å². The molecule has 0 fully saturated rings. The predicted octanol–water partition coefficient (Wildman–Crippen LogP) is 2.83. The first-order valence-electron chi connectivity index (χ1n) is 5.12. The summed E-state index contributed by atoms with van der Waals surface area (Å²) >= 11 is 5.57. The molecule has 1 heterocycles. The molecule has 1 N–H and O–H groups in total. The first kappa shape index (κ1) is 12.4. The average molecular weight is 266 g/mol. The highest BCUT2D eigenvalue weighted by atomic mass is 35.5. The van der Waals surface area contributed by atoms with E-state index in [4.69, 9.17) is 11.6 Å². The Hall–Kier alpha value is -2.01. The van der Waals surface area contributed by atoms with Crippen molar-refractivity contribution in [2.45, 2.75) is 6.92 Å². The lowest BCUT2D eigenvalue weighted by Crippen LogP contribution is -2.15. The SMILES string of the molecule is Cc1c(F)cccc1NC(=O)c1cnc(Cl)cn1. The van der Waals surface area contributed by atoms with E-state index < -0.39 is 5.91 Å². The minimum Gasteiger partial charge on any atom is -0.320 e. The molecule has 0 aliphatic carbocycles. The third kappa shape index (κ3) is 2.62. The number of carbonyl (C=O) groups excluding carboxylic acids is 1. The van der Waals surface area contributed by atoms with Crippen LogP contribution in [0.5, 0.6) is 0 Å². The Labute approximate surface area is 108 Å². The van der Waals surface area contributed by atoms with Crippen molar-refractivity contribution in [2.75, 3.05) is 5.32 Å². The van der Waals surface area contributed by atoms with Crippen LogP contribution < -0.4 is 5.32 Å². The zero-order valence-electron chi connectivity index (χ0n) is 9.45. The summed E-state index contributed by atoms with van der Waals surface area (Å²) in [4.78, 5) is 19.4. The molecule has 0 bridgehead atoms. The van der Waals surface area contributed by atoms with Crippen molar-refractivity contribution in [3.63, 3.8) is 0 Å². The molecule has 0 spiro atoms. The van der Waals surface area contributed by atoms with E-state index in [2.05, 4.69) is 15.3 Å². The highest BCUT2D eigenvalue weighted by molar-refractivity contribution is 6.29. The van der Waals surface area contributed by atoms with Gasteiger partial charge >= 0.3 is 0 Å². The molecule has 0 aliphatic heterocycles. The van der Waals surface area contributed by atoms with Crippen molar-refractivity contribution in [1.82, 2.24) is 9.97 Å². The van der Waals surface area contributed by atoms with Crippen molar-refractivity contribution in [3.8, 4) is 0 Å². The molecular weight excluding hydrogens is 257 g/mol. The Balaban J connectivity index is 2.21. The predicted molar refractivity (Wildman–Crippen MR) is 66.1 cm³/mol. The van der Waals surface area contributed by atoms with Gasteiger partial charge in [-0.2, -0.15) is 0 Å². The Morgan fingerprint density at radius 3 is 2.78 bits per heavy atom. The van der Waals surface area contributed by atoms with E-state index in [1.54, 1.807) is 13.0 Å². The summed E-state index contributed by atoms with van der Waals surface area (Å²) in [5, 5.41) is 2.76. The number of aromatic nitrogens is 2. The van der Waals surface area contributed by atoms with Gasteiger partial charge in [0.2, 0.25) is 0 Å². The van der Waals surface area contributed by atoms with Crippen LogP contribution in [0.2, 0.25) is 5.15 Å². The third-order valence-electron chi connectivity index (χ3n) is 2.37. The lowest BCUT2D eigenvalue weighted by atomic mass is 10.2. The number of rotatable bonds is 2. The van der Waals surface area contributed by atoms with Crippen LogP contribution in [0.25, 0.3) is 0 Å². The molecule has 6 heteroatoms. The summed E-state index contributed by atoms with van der Waals surface area (Å²) < 4.78 is 13.3. The Morgan fingerprint density at radius 1 is 1.33 bits per heavy atom. The number of benzene rings is 1. The molecule has 0 unspecified atom stereocenters. The summed E-state index contributed by atoms with van der Waals surface area (Å²) in [6.07, 6.45) is 2.53. The summed E-state index contributed by atoms with van der Waals surface area (Å²) in [6, 6.07) is 4.46. The van der Waals surface area contributed by atoms with Crippen molar-refractivity contribution < 1.29 is 9.18 Å². The number of halogens is 2. The minimum absolute atomic E-state index is 0.114. The smallest absolute Gasteiger partial charge is 0.275 e. The largest absolute Gasteiger partial charge is 0.320 e. The van der Waals surface area contributed by atoms with E-state index in [1.165, 1.54) is 24.5 Å². The Kier molecular flexibility index (Phi) is 3.53. The van der Waals surface area contributed by atoms with Gasteiger partial charge in [0.05, 0.1) is 12.4 Å². The van der Waals surface area contributed by atoms with E-state index in [-0.39, 0.29) is 16.7 Å². The molecule has 0 saturated carbocycles. The van der Waals surface area contributed by atoms with E-state index in [0.717, 1.165) is 0 Å². The lowest BCUT2D eigenvalue weighted by molar-refractivity contribution is 0.102. The highest BCUT2D eigenvalue weighted by Crippen LogP contribution is 2.18. The van der Waals surface area contributed by atoms with Crippen LogP contribution in [0.4, 0.5) is 10.1 Å². The number of hydrogen-bond donors (Lipinski definition) is 1.